The molecule has 0 aliphatic rings. The summed E-state index contributed by atoms with van der Waals surface area (Å²) in [5, 5.41) is 15.5. The van der Waals surface area contributed by atoms with Crippen molar-refractivity contribution < 1.29 is 9.90 Å². The highest BCUT2D eigenvalue weighted by Crippen LogP contribution is 2.30. The van der Waals surface area contributed by atoms with Crippen molar-refractivity contribution in [3.05, 3.63) is 65.1 Å². The van der Waals surface area contributed by atoms with E-state index in [4.69, 9.17) is 0 Å². The number of fused-ring (bicyclic) bond motifs is 1. The summed E-state index contributed by atoms with van der Waals surface area (Å²) in [6, 6.07) is 13.3. The summed E-state index contributed by atoms with van der Waals surface area (Å²) >= 11 is 1.23. The molecule has 23 heavy (non-hydrogen) atoms. The summed E-state index contributed by atoms with van der Waals surface area (Å²) in [6.07, 6.45) is 3.58. The van der Waals surface area contributed by atoms with Crippen LogP contribution in [0.4, 0.5) is 0 Å². The number of carbonyl (C=O) groups is 1. The quantitative estimate of drug-likeness (QED) is 0.623. The number of aromatic carboxylic acids is 1. The first-order valence-corrected chi connectivity index (χ1v) is 7.82. The van der Waals surface area contributed by atoms with Gasteiger partial charge in [0.2, 0.25) is 0 Å². The molecule has 0 bridgehead atoms. The van der Waals surface area contributed by atoms with E-state index in [1.54, 1.807) is 16.1 Å². The first-order chi connectivity index (χ1) is 11.2. The molecule has 6 heteroatoms. The molecule has 1 aromatic carbocycles. The first kappa shape index (κ1) is 13.7. The van der Waals surface area contributed by atoms with Gasteiger partial charge in [0, 0.05) is 29.6 Å². The Morgan fingerprint density at radius 1 is 1.13 bits per heavy atom. The second-order valence-corrected chi connectivity index (χ2v) is 5.91. The zero-order chi connectivity index (χ0) is 15.8. The molecule has 0 fully saturated rings. The number of benzene rings is 1. The van der Waals surface area contributed by atoms with Crippen LogP contribution in [0.2, 0.25) is 0 Å². The summed E-state index contributed by atoms with van der Waals surface area (Å²) in [4.78, 5) is 15.8. The molecule has 3 aromatic heterocycles. The topological polar surface area (TPSA) is 67.5 Å². The van der Waals surface area contributed by atoms with Crippen LogP contribution in [0.5, 0.6) is 0 Å². The molecule has 112 valence electrons. The number of hydrogen-bond acceptors (Lipinski definition) is 4. The molecule has 0 amide bonds. The van der Waals surface area contributed by atoms with Gasteiger partial charge in [-0.1, -0.05) is 24.3 Å². The Kier molecular flexibility index (Phi) is 3.17. The lowest BCUT2D eigenvalue weighted by Gasteiger charge is -2.02. The molecule has 0 atom stereocenters. The van der Waals surface area contributed by atoms with Gasteiger partial charge in [-0.05, 0) is 23.1 Å². The van der Waals surface area contributed by atoms with E-state index in [1.807, 2.05) is 48.7 Å². The lowest BCUT2D eigenvalue weighted by molar-refractivity contribution is 0.0703. The van der Waals surface area contributed by atoms with E-state index >= 15 is 0 Å². The molecular weight excluding hydrogens is 310 g/mol. The highest BCUT2D eigenvalue weighted by molar-refractivity contribution is 7.12. The number of hydrogen-bond donors (Lipinski definition) is 1. The predicted octanol–water partition coefficient (Wildman–Crippen LogP) is 3.82. The Labute approximate surface area is 135 Å². The third-order valence-corrected chi connectivity index (χ3v) is 4.49. The van der Waals surface area contributed by atoms with Crippen molar-refractivity contribution in [2.24, 2.45) is 0 Å². The maximum Gasteiger partial charge on any atom is 0.346 e. The molecular formula is C17H11N3O2S. The van der Waals surface area contributed by atoms with Crippen molar-refractivity contribution >= 4 is 23.0 Å². The van der Waals surface area contributed by atoms with Crippen LogP contribution in [0.3, 0.4) is 0 Å². The van der Waals surface area contributed by atoms with Gasteiger partial charge < -0.3 is 5.11 Å². The summed E-state index contributed by atoms with van der Waals surface area (Å²) in [7, 11) is 0. The fourth-order valence-corrected chi connectivity index (χ4v) is 3.25. The minimum absolute atomic E-state index is 0.356. The Bertz CT molecular complexity index is 969. The van der Waals surface area contributed by atoms with Crippen LogP contribution in [0.15, 0.2) is 60.2 Å². The minimum atomic E-state index is -0.898. The van der Waals surface area contributed by atoms with Gasteiger partial charge in [-0.25, -0.2) is 14.3 Å². The second kappa shape index (κ2) is 5.33. The van der Waals surface area contributed by atoms with Crippen LogP contribution >= 0.6 is 11.3 Å². The number of carboxylic acid groups (broad SMARTS) is 1. The summed E-state index contributed by atoms with van der Waals surface area (Å²) < 4.78 is 1.73. The molecule has 0 spiro atoms. The Balaban J connectivity index is 1.73. The fraction of sp³-hybridized carbons (Fsp3) is 0. The van der Waals surface area contributed by atoms with E-state index in [0.717, 1.165) is 28.0 Å². The monoisotopic (exact) mass is 321 g/mol. The van der Waals surface area contributed by atoms with E-state index < -0.39 is 5.97 Å². The van der Waals surface area contributed by atoms with Gasteiger partial charge in [0.1, 0.15) is 4.88 Å². The summed E-state index contributed by atoms with van der Waals surface area (Å²) in [6.45, 7) is 0. The lowest BCUT2D eigenvalue weighted by Crippen LogP contribution is -1.94. The second-order valence-electron chi connectivity index (χ2n) is 5.00. The van der Waals surface area contributed by atoms with Crippen molar-refractivity contribution in [3.63, 3.8) is 0 Å². The van der Waals surface area contributed by atoms with Gasteiger partial charge in [0.25, 0.3) is 0 Å². The molecule has 4 rings (SSSR count). The number of thiophene rings is 1. The minimum Gasteiger partial charge on any atom is -0.477 e. The summed E-state index contributed by atoms with van der Waals surface area (Å²) in [5.74, 6) is -0.898. The van der Waals surface area contributed by atoms with Crippen molar-refractivity contribution in [2.75, 3.05) is 0 Å². The number of aromatic nitrogens is 3. The van der Waals surface area contributed by atoms with Crippen LogP contribution in [0.25, 0.3) is 28.0 Å². The standard InChI is InChI=1S/C17H11N3O2S/c21-17(22)16-13(6-9-23-16)11-2-4-12(5-3-11)14-10-15-18-7-1-8-20(15)19-14/h1-10H,(H,21,22). The maximum absolute atomic E-state index is 11.2. The Morgan fingerprint density at radius 3 is 2.65 bits per heavy atom. The van der Waals surface area contributed by atoms with E-state index in [-0.39, 0.29) is 0 Å². The zero-order valence-corrected chi connectivity index (χ0v) is 12.7. The Hall–Kier alpha value is -2.99. The van der Waals surface area contributed by atoms with Gasteiger partial charge >= 0.3 is 5.97 Å². The predicted molar refractivity (Wildman–Crippen MR) is 88.7 cm³/mol. The third-order valence-electron chi connectivity index (χ3n) is 3.59. The van der Waals surface area contributed by atoms with Crippen LogP contribution in [-0.4, -0.2) is 25.7 Å². The lowest BCUT2D eigenvalue weighted by atomic mass is 10.0. The maximum atomic E-state index is 11.2. The largest absolute Gasteiger partial charge is 0.477 e. The van der Waals surface area contributed by atoms with E-state index in [0.29, 0.717) is 4.88 Å². The van der Waals surface area contributed by atoms with Crippen LogP contribution < -0.4 is 0 Å². The average Bonchev–Trinajstić information content (AvgIpc) is 3.22. The molecule has 3 heterocycles. The molecule has 1 N–H and O–H groups in total. The van der Waals surface area contributed by atoms with Gasteiger partial charge in [0.05, 0.1) is 5.69 Å². The molecule has 0 unspecified atom stereocenters. The average molecular weight is 321 g/mol. The number of rotatable bonds is 3. The molecule has 0 radical (unpaired) electrons. The van der Waals surface area contributed by atoms with E-state index in [9.17, 15) is 9.90 Å². The number of nitrogens with zero attached hydrogens (tertiary/aromatic N) is 3. The molecule has 0 aliphatic carbocycles. The van der Waals surface area contributed by atoms with Gasteiger partial charge in [-0.3, -0.25) is 0 Å². The highest BCUT2D eigenvalue weighted by atomic mass is 32.1. The van der Waals surface area contributed by atoms with Crippen LogP contribution in [0, 0.1) is 0 Å². The number of carboxylic acids is 1. The molecule has 4 aromatic rings. The van der Waals surface area contributed by atoms with Gasteiger partial charge in [0.15, 0.2) is 5.65 Å². The molecule has 0 saturated carbocycles. The van der Waals surface area contributed by atoms with Gasteiger partial charge in [-0.15, -0.1) is 11.3 Å². The molecule has 5 nitrogen and oxygen atoms in total. The highest BCUT2D eigenvalue weighted by Gasteiger charge is 2.13. The van der Waals surface area contributed by atoms with Crippen molar-refractivity contribution in [2.45, 2.75) is 0 Å². The molecule has 0 saturated heterocycles. The smallest absolute Gasteiger partial charge is 0.346 e. The van der Waals surface area contributed by atoms with Crippen molar-refractivity contribution in [3.8, 4) is 22.4 Å². The SMILES string of the molecule is O=C(O)c1sccc1-c1ccc(-c2cc3ncccn3n2)cc1. The van der Waals surface area contributed by atoms with Crippen molar-refractivity contribution in [1.29, 1.82) is 0 Å². The first-order valence-electron chi connectivity index (χ1n) is 6.94. The third kappa shape index (κ3) is 2.39. The van der Waals surface area contributed by atoms with E-state index in [1.165, 1.54) is 11.3 Å². The van der Waals surface area contributed by atoms with Crippen LogP contribution in [-0.2, 0) is 0 Å². The summed E-state index contributed by atoms with van der Waals surface area (Å²) in [5.41, 5.74) is 4.21. The van der Waals surface area contributed by atoms with Gasteiger partial charge in [-0.2, -0.15) is 5.10 Å². The normalized spacial score (nSPS) is 11.0. The Morgan fingerprint density at radius 2 is 1.91 bits per heavy atom. The van der Waals surface area contributed by atoms with Crippen LogP contribution in [0.1, 0.15) is 9.67 Å². The molecule has 0 aliphatic heterocycles. The van der Waals surface area contributed by atoms with E-state index in [2.05, 4.69) is 10.1 Å². The zero-order valence-electron chi connectivity index (χ0n) is 11.9. The fourth-order valence-electron chi connectivity index (χ4n) is 2.49. The van der Waals surface area contributed by atoms with Crippen molar-refractivity contribution in [1.82, 2.24) is 14.6 Å².